The molecule has 8 nitrogen and oxygen atoms in total. The number of hydrogen-bond donors (Lipinski definition) is 0. The predicted molar refractivity (Wildman–Crippen MR) is 110 cm³/mol. The SMILES string of the molecule is COc1ccc2cncc(CC3=NC4=[N+](CC(C)C)C(=O)N(C)C(=O)C4=N3)c2c1. The number of rotatable bonds is 5. The third kappa shape index (κ3) is 3.30. The highest BCUT2D eigenvalue weighted by molar-refractivity contribution is 6.70. The summed E-state index contributed by atoms with van der Waals surface area (Å²) in [7, 11) is 3.09. The molecule has 4 rings (SSSR count). The molecule has 8 heteroatoms. The van der Waals surface area contributed by atoms with E-state index in [0.29, 0.717) is 24.6 Å². The summed E-state index contributed by atoms with van der Waals surface area (Å²) in [5.74, 6) is 1.37. The average molecular weight is 392 g/mol. The third-order valence-corrected chi connectivity index (χ3v) is 4.92. The Kier molecular flexibility index (Phi) is 4.70. The summed E-state index contributed by atoms with van der Waals surface area (Å²) < 4.78 is 6.87. The van der Waals surface area contributed by atoms with Crippen LogP contribution in [0.4, 0.5) is 4.79 Å². The van der Waals surface area contributed by atoms with Crippen LogP contribution in [-0.4, -0.2) is 64.5 Å². The second-order valence-electron chi connectivity index (χ2n) is 7.53. The maximum absolute atomic E-state index is 12.6. The number of aliphatic imine (C=N–C) groups is 2. The standard InChI is InChI=1S/C21H22N5O3/c1-12(2)11-26-19-18(20(27)25(3)21(26)28)23-17(24-19)7-14-10-22-9-13-5-6-15(29-4)8-16(13)14/h5-6,8-10,12H,7,11H2,1-4H3/q+1. The van der Waals surface area contributed by atoms with E-state index >= 15 is 0 Å². The van der Waals surface area contributed by atoms with Crippen molar-refractivity contribution in [3.05, 3.63) is 36.2 Å². The minimum atomic E-state index is -0.429. The van der Waals surface area contributed by atoms with Gasteiger partial charge in [0.1, 0.15) is 5.75 Å². The number of methoxy groups -OCH3 is 1. The van der Waals surface area contributed by atoms with Crippen molar-refractivity contribution >= 4 is 40.1 Å². The van der Waals surface area contributed by atoms with Gasteiger partial charge in [-0.05, 0) is 35.1 Å². The quantitative estimate of drug-likeness (QED) is 0.731. The summed E-state index contributed by atoms with van der Waals surface area (Å²) in [5, 5.41) is 1.97. The van der Waals surface area contributed by atoms with Crippen molar-refractivity contribution in [1.29, 1.82) is 0 Å². The Morgan fingerprint density at radius 2 is 1.97 bits per heavy atom. The molecule has 2 aliphatic rings. The van der Waals surface area contributed by atoms with Gasteiger partial charge in [-0.1, -0.05) is 18.8 Å². The van der Waals surface area contributed by atoms with E-state index in [9.17, 15) is 9.59 Å². The number of ether oxygens (including phenoxy) is 1. The van der Waals surface area contributed by atoms with Crippen molar-refractivity contribution in [3.8, 4) is 5.75 Å². The molecule has 0 unspecified atom stereocenters. The van der Waals surface area contributed by atoms with Crippen LogP contribution >= 0.6 is 0 Å². The summed E-state index contributed by atoms with van der Waals surface area (Å²) in [6.45, 7) is 4.49. The average Bonchev–Trinajstić information content (AvgIpc) is 3.13. The van der Waals surface area contributed by atoms with Crippen LogP contribution < -0.4 is 4.74 Å². The van der Waals surface area contributed by atoms with Gasteiger partial charge in [0.05, 0.1) is 27.1 Å². The second kappa shape index (κ2) is 7.20. The molecule has 1 aromatic heterocycles. The number of hydrogen-bond acceptors (Lipinski definition) is 6. The fraction of sp³-hybridized carbons (Fsp3) is 0.333. The molecule has 1 aromatic carbocycles. The summed E-state index contributed by atoms with van der Waals surface area (Å²) in [6, 6.07) is 5.40. The smallest absolute Gasteiger partial charge is 0.446 e. The molecule has 2 aromatic rings. The first kappa shape index (κ1) is 18.9. The third-order valence-electron chi connectivity index (χ3n) is 4.92. The van der Waals surface area contributed by atoms with Gasteiger partial charge < -0.3 is 4.74 Å². The minimum absolute atomic E-state index is 0.216. The normalized spacial score (nSPS) is 16.5. The zero-order valence-corrected chi connectivity index (χ0v) is 16.8. The van der Waals surface area contributed by atoms with Crippen LogP contribution in [0.5, 0.6) is 5.75 Å². The van der Waals surface area contributed by atoms with Gasteiger partial charge in [-0.3, -0.25) is 4.98 Å². The fourth-order valence-electron chi connectivity index (χ4n) is 3.48. The predicted octanol–water partition coefficient (Wildman–Crippen LogP) is 2.30. The molecule has 0 N–H and O–H groups in total. The van der Waals surface area contributed by atoms with Crippen LogP contribution in [0.2, 0.25) is 0 Å². The molecule has 148 valence electrons. The fourth-order valence-corrected chi connectivity index (χ4v) is 3.48. The Labute approximate surface area is 168 Å². The molecule has 0 spiro atoms. The molecule has 0 radical (unpaired) electrons. The van der Waals surface area contributed by atoms with Crippen molar-refractivity contribution in [1.82, 2.24) is 9.88 Å². The van der Waals surface area contributed by atoms with E-state index < -0.39 is 5.91 Å². The summed E-state index contributed by atoms with van der Waals surface area (Å²) in [4.78, 5) is 39.6. The van der Waals surface area contributed by atoms with Crippen molar-refractivity contribution in [2.24, 2.45) is 15.9 Å². The van der Waals surface area contributed by atoms with Crippen LogP contribution in [0, 0.1) is 5.92 Å². The van der Waals surface area contributed by atoms with Gasteiger partial charge in [0.15, 0.2) is 0 Å². The Morgan fingerprint density at radius 1 is 1.17 bits per heavy atom. The van der Waals surface area contributed by atoms with Gasteiger partial charge in [-0.15, -0.1) is 0 Å². The molecule has 3 heterocycles. The first-order chi connectivity index (χ1) is 13.9. The highest BCUT2D eigenvalue weighted by Gasteiger charge is 2.45. The van der Waals surface area contributed by atoms with Crippen molar-refractivity contribution < 1.29 is 18.9 Å². The van der Waals surface area contributed by atoms with Crippen molar-refractivity contribution in [2.45, 2.75) is 20.3 Å². The van der Waals surface area contributed by atoms with Crippen molar-refractivity contribution in [3.63, 3.8) is 0 Å². The zero-order chi connectivity index (χ0) is 20.7. The first-order valence-corrected chi connectivity index (χ1v) is 9.42. The molecule has 0 atom stereocenters. The molecular weight excluding hydrogens is 370 g/mol. The second-order valence-corrected chi connectivity index (χ2v) is 7.53. The van der Waals surface area contributed by atoms with E-state index in [1.54, 1.807) is 19.5 Å². The van der Waals surface area contributed by atoms with E-state index in [0.717, 1.165) is 27.0 Å². The zero-order valence-electron chi connectivity index (χ0n) is 16.8. The van der Waals surface area contributed by atoms with Gasteiger partial charge >= 0.3 is 17.8 Å². The molecule has 0 fully saturated rings. The van der Waals surface area contributed by atoms with Gasteiger partial charge in [0, 0.05) is 17.8 Å². The van der Waals surface area contributed by atoms with Crippen LogP contribution in [0.3, 0.4) is 0 Å². The lowest BCUT2D eigenvalue weighted by molar-refractivity contribution is -0.442. The number of carbonyl (C=O) groups is 2. The topological polar surface area (TPSA) is 87.2 Å². The number of benzene rings is 1. The Hall–Kier alpha value is -3.42. The number of urea groups is 1. The Balaban J connectivity index is 1.77. The summed E-state index contributed by atoms with van der Waals surface area (Å²) >= 11 is 0. The van der Waals surface area contributed by atoms with Gasteiger partial charge in [0.25, 0.3) is 0 Å². The number of nitrogens with zero attached hydrogens (tertiary/aromatic N) is 5. The number of imide groups is 1. The molecular formula is C21H22N5O3+. The van der Waals surface area contributed by atoms with Crippen LogP contribution in [0.15, 0.2) is 40.6 Å². The number of amidine groups is 2. The maximum atomic E-state index is 12.6. The molecule has 0 aliphatic carbocycles. The molecule has 3 amide bonds. The maximum Gasteiger partial charge on any atom is 0.446 e. The van der Waals surface area contributed by atoms with Gasteiger partial charge in [-0.2, -0.15) is 9.48 Å². The molecule has 0 bridgehead atoms. The molecule has 0 saturated heterocycles. The van der Waals surface area contributed by atoms with Crippen LogP contribution in [0.25, 0.3) is 10.8 Å². The molecule has 0 saturated carbocycles. The number of fused-ring (bicyclic) bond motifs is 2. The van der Waals surface area contributed by atoms with E-state index in [1.165, 1.54) is 11.6 Å². The van der Waals surface area contributed by atoms with Gasteiger partial charge in [0.2, 0.25) is 11.5 Å². The Morgan fingerprint density at radius 3 is 2.69 bits per heavy atom. The monoisotopic (exact) mass is 392 g/mol. The summed E-state index contributed by atoms with van der Waals surface area (Å²) in [6.07, 6.45) is 3.95. The number of carbonyl (C=O) groups excluding carboxylic acids is 2. The molecule has 29 heavy (non-hydrogen) atoms. The number of pyridine rings is 1. The van der Waals surface area contributed by atoms with Crippen molar-refractivity contribution in [2.75, 3.05) is 20.7 Å². The van der Waals surface area contributed by atoms with Crippen LogP contribution in [-0.2, 0) is 11.2 Å². The molecule has 2 aliphatic heterocycles. The minimum Gasteiger partial charge on any atom is -0.497 e. The van der Waals surface area contributed by atoms with E-state index in [2.05, 4.69) is 15.0 Å². The van der Waals surface area contributed by atoms with Gasteiger partial charge in [-0.25, -0.2) is 14.6 Å². The lowest BCUT2D eigenvalue weighted by Gasteiger charge is -2.19. The number of aromatic nitrogens is 1. The highest BCUT2D eigenvalue weighted by atomic mass is 16.5. The lowest BCUT2D eigenvalue weighted by atomic mass is 10.0. The van der Waals surface area contributed by atoms with Crippen LogP contribution in [0.1, 0.15) is 19.4 Å². The van der Waals surface area contributed by atoms with E-state index in [-0.39, 0.29) is 17.7 Å². The highest BCUT2D eigenvalue weighted by Crippen LogP contribution is 2.24. The lowest BCUT2D eigenvalue weighted by Crippen LogP contribution is -2.53. The number of amides is 3. The largest absolute Gasteiger partial charge is 0.497 e. The summed E-state index contributed by atoms with van der Waals surface area (Å²) in [5.41, 5.74) is 1.14. The van der Waals surface area contributed by atoms with E-state index in [1.807, 2.05) is 32.0 Å². The first-order valence-electron chi connectivity index (χ1n) is 9.42. The Bertz CT molecular complexity index is 1130. The van der Waals surface area contributed by atoms with E-state index in [4.69, 9.17) is 4.74 Å².